The summed E-state index contributed by atoms with van der Waals surface area (Å²) in [4.78, 5) is 11.3. The van der Waals surface area contributed by atoms with Gasteiger partial charge in [-0.15, -0.1) is 6.58 Å². The first-order chi connectivity index (χ1) is 7.56. The Bertz CT molecular complexity index is 226. The fraction of sp³-hybridized carbons (Fsp3) is 0.727. The van der Waals surface area contributed by atoms with Crippen LogP contribution in [-0.4, -0.2) is 38.7 Å². The van der Waals surface area contributed by atoms with Gasteiger partial charge >= 0.3 is 6.09 Å². The van der Waals surface area contributed by atoms with E-state index in [1.165, 1.54) is 14.2 Å². The van der Waals surface area contributed by atoms with E-state index in [0.717, 1.165) is 0 Å². The minimum absolute atomic E-state index is 0.431. The molecule has 5 heteroatoms. The Morgan fingerprint density at radius 3 is 2.44 bits per heavy atom. The van der Waals surface area contributed by atoms with Crippen LogP contribution in [0.5, 0.6) is 0 Å². The topological polar surface area (TPSA) is 56.8 Å². The highest BCUT2D eigenvalue weighted by Crippen LogP contribution is 2.24. The van der Waals surface area contributed by atoms with Crippen molar-refractivity contribution in [2.75, 3.05) is 20.8 Å². The van der Waals surface area contributed by atoms with Crippen LogP contribution in [0.1, 0.15) is 20.3 Å². The molecule has 1 unspecified atom stereocenters. The molecule has 0 aliphatic heterocycles. The first-order valence-corrected chi connectivity index (χ1v) is 5.22. The zero-order valence-electron chi connectivity index (χ0n) is 10.4. The maximum Gasteiger partial charge on any atom is 0.407 e. The predicted molar refractivity (Wildman–Crippen MR) is 61.2 cm³/mol. The van der Waals surface area contributed by atoms with Crippen molar-refractivity contribution in [3.8, 4) is 0 Å². The highest BCUT2D eigenvalue weighted by atomic mass is 16.7. The Morgan fingerprint density at radius 2 is 2.06 bits per heavy atom. The van der Waals surface area contributed by atoms with Crippen molar-refractivity contribution in [1.82, 2.24) is 5.32 Å². The van der Waals surface area contributed by atoms with Crippen LogP contribution in [0.4, 0.5) is 4.79 Å². The van der Waals surface area contributed by atoms with Gasteiger partial charge in [0.1, 0.15) is 0 Å². The first-order valence-electron chi connectivity index (χ1n) is 5.22. The number of methoxy groups -OCH3 is 2. The largest absolute Gasteiger partial charge is 0.441 e. The molecule has 0 fully saturated rings. The van der Waals surface area contributed by atoms with Gasteiger partial charge in [-0.05, 0) is 13.8 Å². The smallest absolute Gasteiger partial charge is 0.407 e. The second-order valence-corrected chi connectivity index (χ2v) is 3.29. The van der Waals surface area contributed by atoms with Gasteiger partial charge in [0.25, 0.3) is 0 Å². The molecule has 5 nitrogen and oxygen atoms in total. The quantitative estimate of drug-likeness (QED) is 0.535. The van der Waals surface area contributed by atoms with Gasteiger partial charge in [0, 0.05) is 27.2 Å². The molecule has 0 aromatic carbocycles. The third-order valence-electron chi connectivity index (χ3n) is 2.34. The Kier molecular flexibility index (Phi) is 6.76. The van der Waals surface area contributed by atoms with Gasteiger partial charge in [-0.2, -0.15) is 0 Å². The van der Waals surface area contributed by atoms with Gasteiger partial charge in [-0.3, -0.25) is 0 Å². The molecule has 0 heterocycles. The van der Waals surface area contributed by atoms with Gasteiger partial charge in [-0.1, -0.05) is 6.08 Å². The Labute approximate surface area is 96.8 Å². The maximum atomic E-state index is 11.3. The summed E-state index contributed by atoms with van der Waals surface area (Å²) in [6.45, 7) is 7.67. The summed E-state index contributed by atoms with van der Waals surface area (Å²) < 4.78 is 15.7. The number of hydrogen-bond acceptors (Lipinski definition) is 4. The number of carbonyl (C=O) groups is 1. The minimum Gasteiger partial charge on any atom is -0.441 e. The van der Waals surface area contributed by atoms with E-state index >= 15 is 0 Å². The monoisotopic (exact) mass is 231 g/mol. The molecular formula is C11H21NO4. The van der Waals surface area contributed by atoms with E-state index in [9.17, 15) is 4.79 Å². The summed E-state index contributed by atoms with van der Waals surface area (Å²) in [5.74, 6) is -0.979. The molecular weight excluding hydrogens is 210 g/mol. The van der Waals surface area contributed by atoms with Crippen molar-refractivity contribution in [2.24, 2.45) is 0 Å². The Hall–Kier alpha value is -1.07. The number of nitrogens with one attached hydrogen (secondary N) is 1. The fourth-order valence-corrected chi connectivity index (χ4v) is 1.39. The van der Waals surface area contributed by atoms with Crippen LogP contribution in [0.25, 0.3) is 0 Å². The highest BCUT2D eigenvalue weighted by molar-refractivity contribution is 5.67. The molecule has 0 saturated heterocycles. The molecule has 0 bridgehead atoms. The van der Waals surface area contributed by atoms with Gasteiger partial charge in [0.15, 0.2) is 6.10 Å². The molecule has 0 rings (SSSR count). The molecule has 0 aliphatic rings. The number of amides is 1. The minimum atomic E-state index is -0.979. The van der Waals surface area contributed by atoms with Crippen LogP contribution in [0.15, 0.2) is 12.7 Å². The Balaban J connectivity index is 4.53. The molecule has 1 amide bonds. The lowest BCUT2D eigenvalue weighted by Crippen LogP contribution is -2.47. The lowest BCUT2D eigenvalue weighted by atomic mass is 10.1. The number of hydrogen-bond donors (Lipinski definition) is 1. The van der Waals surface area contributed by atoms with Crippen LogP contribution in [0.2, 0.25) is 0 Å². The van der Waals surface area contributed by atoms with Crippen LogP contribution in [0, 0.1) is 0 Å². The number of rotatable bonds is 7. The SMILES string of the molecule is C=CCC(OC)(OC)C(C)OC(=O)NCC. The van der Waals surface area contributed by atoms with Crippen molar-refractivity contribution in [3.63, 3.8) is 0 Å². The van der Waals surface area contributed by atoms with Crippen LogP contribution < -0.4 is 5.32 Å². The average Bonchev–Trinajstić information content (AvgIpc) is 2.26. The number of alkyl carbamates (subject to hydrolysis) is 1. The zero-order chi connectivity index (χ0) is 12.6. The number of carbonyl (C=O) groups excluding carboxylic acids is 1. The molecule has 1 N–H and O–H groups in total. The maximum absolute atomic E-state index is 11.3. The summed E-state index contributed by atoms with van der Waals surface area (Å²) >= 11 is 0. The molecule has 1 atom stereocenters. The predicted octanol–water partition coefficient (Wildman–Crippen LogP) is 1.69. The summed E-state index contributed by atoms with van der Waals surface area (Å²) in [7, 11) is 3.01. The van der Waals surface area contributed by atoms with Gasteiger partial charge in [0.2, 0.25) is 5.79 Å². The van der Waals surface area contributed by atoms with Crippen LogP contribution >= 0.6 is 0 Å². The zero-order valence-corrected chi connectivity index (χ0v) is 10.4. The summed E-state index contributed by atoms with van der Waals surface area (Å²) in [6.07, 6.45) is 1.06. The average molecular weight is 231 g/mol. The standard InChI is InChI=1S/C11H21NO4/c1-6-8-11(14-4,15-5)9(3)16-10(13)12-7-2/h6,9H,1,7-8H2,2-5H3,(H,12,13). The van der Waals surface area contributed by atoms with Crippen LogP contribution in [-0.2, 0) is 14.2 Å². The van der Waals surface area contributed by atoms with Crippen molar-refractivity contribution in [3.05, 3.63) is 12.7 Å². The molecule has 0 aliphatic carbocycles. The third-order valence-corrected chi connectivity index (χ3v) is 2.34. The lowest BCUT2D eigenvalue weighted by molar-refractivity contribution is -0.251. The molecule has 0 aromatic rings. The van der Waals surface area contributed by atoms with E-state index in [2.05, 4.69) is 11.9 Å². The van der Waals surface area contributed by atoms with E-state index < -0.39 is 18.0 Å². The number of ether oxygens (including phenoxy) is 3. The summed E-state index contributed by atoms with van der Waals surface area (Å²) in [5.41, 5.74) is 0. The second-order valence-electron chi connectivity index (χ2n) is 3.29. The molecule has 0 saturated carbocycles. The highest BCUT2D eigenvalue weighted by Gasteiger charge is 2.38. The van der Waals surface area contributed by atoms with E-state index in [1.807, 2.05) is 6.92 Å². The van der Waals surface area contributed by atoms with E-state index in [1.54, 1.807) is 13.0 Å². The summed E-state index contributed by atoms with van der Waals surface area (Å²) in [5, 5.41) is 2.54. The molecule has 0 aromatic heterocycles. The van der Waals surface area contributed by atoms with E-state index in [0.29, 0.717) is 13.0 Å². The van der Waals surface area contributed by atoms with Crippen molar-refractivity contribution < 1.29 is 19.0 Å². The molecule has 16 heavy (non-hydrogen) atoms. The van der Waals surface area contributed by atoms with E-state index in [4.69, 9.17) is 14.2 Å². The van der Waals surface area contributed by atoms with Crippen molar-refractivity contribution >= 4 is 6.09 Å². The Morgan fingerprint density at radius 1 is 1.50 bits per heavy atom. The van der Waals surface area contributed by atoms with Crippen LogP contribution in [0.3, 0.4) is 0 Å². The van der Waals surface area contributed by atoms with Gasteiger partial charge < -0.3 is 19.5 Å². The van der Waals surface area contributed by atoms with E-state index in [-0.39, 0.29) is 0 Å². The first kappa shape index (κ1) is 14.9. The normalized spacial score (nSPS) is 13.0. The molecule has 0 radical (unpaired) electrons. The van der Waals surface area contributed by atoms with Gasteiger partial charge in [0.05, 0.1) is 0 Å². The fourth-order valence-electron chi connectivity index (χ4n) is 1.39. The molecule has 94 valence electrons. The molecule has 0 spiro atoms. The van der Waals surface area contributed by atoms with Crippen molar-refractivity contribution in [2.45, 2.75) is 32.2 Å². The lowest BCUT2D eigenvalue weighted by Gasteiger charge is -2.34. The van der Waals surface area contributed by atoms with Gasteiger partial charge in [-0.25, -0.2) is 4.79 Å². The third kappa shape index (κ3) is 3.83. The van der Waals surface area contributed by atoms with Crippen molar-refractivity contribution in [1.29, 1.82) is 0 Å². The summed E-state index contributed by atoms with van der Waals surface area (Å²) in [6, 6.07) is 0. The second kappa shape index (κ2) is 7.24.